The number of phenols is 1. The van der Waals surface area contributed by atoms with Crippen molar-refractivity contribution in [2.75, 3.05) is 0 Å². The molecule has 6 aromatic rings. The second-order valence-electron chi connectivity index (χ2n) is 6.92. The highest BCUT2D eigenvalue weighted by Gasteiger charge is 2.12. The Morgan fingerprint density at radius 2 is 1.25 bits per heavy atom. The second kappa shape index (κ2) is 6.05. The Kier molecular flexibility index (Phi) is 3.57. The molecule has 4 aromatic carbocycles. The van der Waals surface area contributed by atoms with E-state index in [-0.39, 0.29) is 0 Å². The molecule has 2 heterocycles. The number of aromatic hydroxyl groups is 1. The minimum absolute atomic E-state index is 0.332. The fourth-order valence-corrected chi connectivity index (χ4v) is 6.52. The molecule has 0 bridgehead atoms. The van der Waals surface area contributed by atoms with E-state index >= 15 is 0 Å². The summed E-state index contributed by atoms with van der Waals surface area (Å²) in [4.78, 5) is 0. The summed E-state index contributed by atoms with van der Waals surface area (Å²) in [5, 5.41) is 15.2. The number of hydrogen-bond donors (Lipinski definition) is 1. The van der Waals surface area contributed by atoms with Gasteiger partial charge in [0.2, 0.25) is 0 Å². The lowest BCUT2D eigenvalue weighted by Gasteiger charge is -2.04. The highest BCUT2D eigenvalue weighted by molar-refractivity contribution is 9.10. The third kappa shape index (κ3) is 2.42. The summed E-state index contributed by atoms with van der Waals surface area (Å²) in [5.41, 5.74) is 2.42. The summed E-state index contributed by atoms with van der Waals surface area (Å²) in [6.45, 7) is 0. The first-order chi connectivity index (χ1) is 13.7. The lowest BCUT2D eigenvalue weighted by atomic mass is 10.0. The number of hydrogen-bond acceptors (Lipinski definition) is 3. The number of halogens is 1. The third-order valence-corrected chi connectivity index (χ3v) is 8.04. The quantitative estimate of drug-likeness (QED) is 0.260. The molecule has 6 rings (SSSR count). The largest absolute Gasteiger partial charge is 0.506 e. The van der Waals surface area contributed by atoms with Gasteiger partial charge in [-0.2, -0.15) is 0 Å². The first-order valence-electron chi connectivity index (χ1n) is 8.94. The lowest BCUT2D eigenvalue weighted by molar-refractivity contribution is 0.482. The van der Waals surface area contributed by atoms with E-state index in [1.807, 2.05) is 11.3 Å². The molecule has 2 aromatic heterocycles. The van der Waals surface area contributed by atoms with Gasteiger partial charge in [-0.05, 0) is 53.6 Å². The molecule has 28 heavy (non-hydrogen) atoms. The van der Waals surface area contributed by atoms with Crippen molar-refractivity contribution >= 4 is 78.9 Å². The van der Waals surface area contributed by atoms with Gasteiger partial charge in [0.15, 0.2) is 0 Å². The summed E-state index contributed by atoms with van der Waals surface area (Å²) in [5.74, 6) is 0.332. The maximum Gasteiger partial charge on any atom is 0.134 e. The second-order valence-corrected chi connectivity index (χ2v) is 9.98. The van der Waals surface area contributed by atoms with Gasteiger partial charge < -0.3 is 5.11 Å². The minimum atomic E-state index is 0.332. The predicted molar refractivity (Wildman–Crippen MR) is 127 cm³/mol. The molecule has 1 N–H and O–H groups in total. The molecule has 0 saturated carbocycles. The maximum absolute atomic E-state index is 10.3. The molecule has 0 aliphatic carbocycles. The molecule has 0 aliphatic rings. The zero-order valence-corrected chi connectivity index (χ0v) is 17.8. The molecule has 0 atom stereocenters. The van der Waals surface area contributed by atoms with Gasteiger partial charge in [0.05, 0.1) is 4.70 Å². The van der Waals surface area contributed by atoms with E-state index in [9.17, 15) is 5.11 Å². The highest BCUT2D eigenvalue weighted by atomic mass is 79.9. The van der Waals surface area contributed by atoms with Gasteiger partial charge in [0.25, 0.3) is 0 Å². The summed E-state index contributed by atoms with van der Waals surface area (Å²) >= 11 is 6.99. The van der Waals surface area contributed by atoms with E-state index in [0.29, 0.717) is 5.75 Å². The van der Waals surface area contributed by atoms with Gasteiger partial charge >= 0.3 is 0 Å². The molecule has 0 unspecified atom stereocenters. The number of thiophene rings is 2. The van der Waals surface area contributed by atoms with E-state index in [2.05, 4.69) is 82.7 Å². The smallest absolute Gasteiger partial charge is 0.134 e. The Bertz CT molecular complexity index is 1540. The van der Waals surface area contributed by atoms with Gasteiger partial charge in [-0.1, -0.05) is 46.3 Å². The molecular weight excluding hydrogens is 448 g/mol. The Morgan fingerprint density at radius 3 is 2.04 bits per heavy atom. The van der Waals surface area contributed by atoms with Crippen LogP contribution in [0.25, 0.3) is 51.5 Å². The van der Waals surface area contributed by atoms with Crippen LogP contribution in [0, 0.1) is 0 Å². The van der Waals surface area contributed by atoms with Crippen molar-refractivity contribution in [1.29, 1.82) is 0 Å². The Morgan fingerprint density at radius 1 is 0.607 bits per heavy atom. The third-order valence-electron chi connectivity index (χ3n) is 5.23. The zero-order valence-electron chi connectivity index (χ0n) is 14.6. The van der Waals surface area contributed by atoms with Crippen LogP contribution in [-0.4, -0.2) is 5.11 Å². The molecular formula is C24H13BrOS2. The lowest BCUT2D eigenvalue weighted by Crippen LogP contribution is -1.78. The van der Waals surface area contributed by atoms with E-state index < -0.39 is 0 Å². The first kappa shape index (κ1) is 16.5. The molecule has 134 valence electrons. The SMILES string of the molecule is Oc1cc(Br)cc2c1sc1ccc(-c3ccc4sc5ccccc5c4c3)cc12. The highest BCUT2D eigenvalue weighted by Crippen LogP contribution is 2.43. The standard InChI is InChI=1S/C24H13BrOS2/c25-15-11-19-18-10-14(6-8-23(18)28-24(19)20(26)12-15)13-5-7-22-17(9-13)16-3-1-2-4-21(16)27-22/h1-12,26H. The van der Waals surface area contributed by atoms with Crippen LogP contribution in [0.4, 0.5) is 0 Å². The van der Waals surface area contributed by atoms with Crippen LogP contribution in [-0.2, 0) is 0 Å². The molecule has 0 amide bonds. The van der Waals surface area contributed by atoms with E-state index in [4.69, 9.17) is 0 Å². The van der Waals surface area contributed by atoms with Crippen LogP contribution >= 0.6 is 38.6 Å². The van der Waals surface area contributed by atoms with Crippen molar-refractivity contribution in [2.45, 2.75) is 0 Å². The number of fused-ring (bicyclic) bond motifs is 6. The van der Waals surface area contributed by atoms with Crippen LogP contribution in [0.1, 0.15) is 0 Å². The average Bonchev–Trinajstić information content (AvgIpc) is 3.25. The Labute approximate surface area is 177 Å². The van der Waals surface area contributed by atoms with E-state index in [1.165, 1.54) is 41.4 Å². The first-order valence-corrected chi connectivity index (χ1v) is 11.4. The molecule has 0 radical (unpaired) electrons. The Hall–Kier alpha value is -2.40. The van der Waals surface area contributed by atoms with E-state index in [1.54, 1.807) is 17.4 Å². The van der Waals surface area contributed by atoms with Crippen molar-refractivity contribution in [3.8, 4) is 16.9 Å². The molecule has 4 heteroatoms. The van der Waals surface area contributed by atoms with Crippen LogP contribution in [0.2, 0.25) is 0 Å². The average molecular weight is 461 g/mol. The fraction of sp³-hybridized carbons (Fsp3) is 0. The minimum Gasteiger partial charge on any atom is -0.506 e. The van der Waals surface area contributed by atoms with Crippen molar-refractivity contribution in [1.82, 2.24) is 0 Å². The molecule has 1 nitrogen and oxygen atoms in total. The number of benzene rings is 4. The maximum atomic E-state index is 10.3. The van der Waals surface area contributed by atoms with Crippen LogP contribution < -0.4 is 0 Å². The van der Waals surface area contributed by atoms with Crippen LogP contribution in [0.15, 0.2) is 77.3 Å². The van der Waals surface area contributed by atoms with Gasteiger partial charge in [0.1, 0.15) is 5.75 Å². The predicted octanol–water partition coefficient (Wildman–Crippen LogP) is 8.56. The summed E-state index contributed by atoms with van der Waals surface area (Å²) in [7, 11) is 0. The summed E-state index contributed by atoms with van der Waals surface area (Å²) in [6.07, 6.45) is 0. The van der Waals surface area contributed by atoms with Crippen molar-refractivity contribution in [2.24, 2.45) is 0 Å². The van der Waals surface area contributed by atoms with Crippen molar-refractivity contribution < 1.29 is 5.11 Å². The summed E-state index contributed by atoms with van der Waals surface area (Å²) < 4.78 is 5.67. The molecule has 0 saturated heterocycles. The van der Waals surface area contributed by atoms with Crippen molar-refractivity contribution in [3.05, 3.63) is 77.3 Å². The molecule has 0 aliphatic heterocycles. The van der Waals surface area contributed by atoms with Gasteiger partial charge in [-0.15, -0.1) is 22.7 Å². The molecule has 0 fully saturated rings. The summed E-state index contributed by atoms with van der Waals surface area (Å²) in [6, 6.07) is 25.8. The monoisotopic (exact) mass is 460 g/mol. The van der Waals surface area contributed by atoms with Crippen LogP contribution in [0.5, 0.6) is 5.75 Å². The topological polar surface area (TPSA) is 20.2 Å². The zero-order chi connectivity index (χ0) is 18.8. The van der Waals surface area contributed by atoms with Gasteiger partial charge in [-0.25, -0.2) is 0 Å². The van der Waals surface area contributed by atoms with Gasteiger partial charge in [-0.3, -0.25) is 0 Å². The number of phenolic OH excluding ortho intramolecular Hbond substituents is 1. The molecule has 0 spiro atoms. The van der Waals surface area contributed by atoms with Gasteiger partial charge in [0, 0.05) is 40.1 Å². The van der Waals surface area contributed by atoms with Crippen molar-refractivity contribution in [3.63, 3.8) is 0 Å². The Balaban J connectivity index is 1.61. The van der Waals surface area contributed by atoms with Crippen LogP contribution in [0.3, 0.4) is 0 Å². The normalized spacial score (nSPS) is 11.9. The number of rotatable bonds is 1. The van der Waals surface area contributed by atoms with E-state index in [0.717, 1.165) is 14.6 Å². The fourth-order valence-electron chi connectivity index (χ4n) is 3.91.